The Morgan fingerprint density at radius 3 is 2.37 bits per heavy atom. The van der Waals surface area contributed by atoms with Gasteiger partial charge in [-0.2, -0.15) is 0 Å². The molecule has 1 aliphatic rings. The normalized spacial score (nSPS) is 14.5. The van der Waals surface area contributed by atoms with Gasteiger partial charge in [0.1, 0.15) is 6.54 Å². The van der Waals surface area contributed by atoms with Gasteiger partial charge in [-0.15, -0.1) is 0 Å². The van der Waals surface area contributed by atoms with E-state index in [1.165, 1.54) is 57.0 Å². The van der Waals surface area contributed by atoms with E-state index < -0.39 is 33.6 Å². The van der Waals surface area contributed by atoms with Crippen molar-refractivity contribution in [1.29, 1.82) is 0 Å². The molecule has 0 saturated carbocycles. The van der Waals surface area contributed by atoms with Crippen LogP contribution in [0, 0.1) is 0 Å². The van der Waals surface area contributed by atoms with Crippen LogP contribution < -0.4 is 19.5 Å². The number of hydrogen-bond acceptors (Lipinski definition) is 10. The number of nitrogens with zero attached hydrogens (tertiary/aromatic N) is 3. The first kappa shape index (κ1) is 26.6. The third-order valence-corrected chi connectivity index (χ3v) is 7.37. The number of methoxy groups -OCH3 is 2. The van der Waals surface area contributed by atoms with Crippen molar-refractivity contribution in [2.45, 2.75) is 4.90 Å². The van der Waals surface area contributed by atoms with Crippen molar-refractivity contribution in [3.8, 4) is 11.5 Å². The smallest absolute Gasteiger partial charge is 0.294 e. The Morgan fingerprint density at radius 1 is 1.03 bits per heavy atom. The summed E-state index contributed by atoms with van der Waals surface area (Å²) >= 11 is 0.716. The third-order valence-electron chi connectivity index (χ3n) is 5.12. The Morgan fingerprint density at radius 2 is 1.71 bits per heavy atom. The highest BCUT2D eigenvalue weighted by molar-refractivity contribution is 8.18. The van der Waals surface area contributed by atoms with E-state index >= 15 is 0 Å². The number of sulfonamides is 1. The first-order chi connectivity index (χ1) is 18.2. The lowest BCUT2D eigenvalue weighted by Gasteiger charge is -2.13. The van der Waals surface area contributed by atoms with Gasteiger partial charge in [0.15, 0.2) is 11.5 Å². The SMILES string of the molecule is COc1ccc(C=C2SC(=O)N(CC(=O)Nc3ccc(S(=O)(=O)Nc4ncccn4)cc3)C2=O)cc1OC. The molecule has 0 radical (unpaired) electrons. The molecule has 14 heteroatoms. The molecule has 1 fully saturated rings. The molecular formula is C24H21N5O7S2. The molecule has 38 heavy (non-hydrogen) atoms. The number of carbonyl (C=O) groups is 3. The summed E-state index contributed by atoms with van der Waals surface area (Å²) in [5.74, 6) is -0.349. The molecule has 3 aromatic rings. The second kappa shape index (κ2) is 11.3. The van der Waals surface area contributed by atoms with E-state index in [1.54, 1.807) is 24.3 Å². The number of rotatable bonds is 9. The topological polar surface area (TPSA) is 157 Å². The number of anilines is 2. The number of thioether (sulfide) groups is 1. The van der Waals surface area contributed by atoms with Crippen LogP contribution in [0.1, 0.15) is 5.56 Å². The second-order valence-electron chi connectivity index (χ2n) is 7.63. The molecule has 1 aromatic heterocycles. The standard InChI is InChI=1S/C24H21N5O7S2/c1-35-18-9-4-15(12-19(18)36-2)13-20-22(31)29(24(32)37-20)14-21(30)27-16-5-7-17(8-6-16)38(33,34)28-23-25-10-3-11-26-23/h3-13H,14H2,1-2H3,(H,27,30)(H,25,26,28). The van der Waals surface area contributed by atoms with Gasteiger partial charge in [0.05, 0.1) is 24.0 Å². The van der Waals surface area contributed by atoms with Crippen molar-refractivity contribution in [3.63, 3.8) is 0 Å². The third kappa shape index (κ3) is 6.10. The maximum Gasteiger partial charge on any atom is 0.294 e. The van der Waals surface area contributed by atoms with E-state index in [0.29, 0.717) is 28.8 Å². The summed E-state index contributed by atoms with van der Waals surface area (Å²) in [5, 5.41) is 1.96. The predicted octanol–water partition coefficient (Wildman–Crippen LogP) is 2.97. The fourth-order valence-corrected chi connectivity index (χ4v) is 5.12. The molecule has 1 aliphatic heterocycles. The van der Waals surface area contributed by atoms with E-state index in [-0.39, 0.29) is 21.4 Å². The summed E-state index contributed by atoms with van der Waals surface area (Å²) in [6.45, 7) is -0.513. The second-order valence-corrected chi connectivity index (χ2v) is 10.3. The van der Waals surface area contributed by atoms with Crippen LogP contribution in [-0.2, 0) is 19.6 Å². The van der Waals surface area contributed by atoms with Gasteiger partial charge in [-0.1, -0.05) is 6.07 Å². The molecule has 0 bridgehead atoms. The molecule has 2 aromatic carbocycles. The van der Waals surface area contributed by atoms with Crippen molar-refractivity contribution < 1.29 is 32.3 Å². The first-order valence-corrected chi connectivity index (χ1v) is 13.2. The molecule has 0 atom stereocenters. The summed E-state index contributed by atoms with van der Waals surface area (Å²) in [6.07, 6.45) is 4.32. The van der Waals surface area contributed by atoms with Crippen LogP contribution in [0.2, 0.25) is 0 Å². The minimum absolute atomic E-state index is 0.0748. The van der Waals surface area contributed by atoms with Crippen molar-refractivity contribution in [1.82, 2.24) is 14.9 Å². The summed E-state index contributed by atoms with van der Waals surface area (Å²) in [7, 11) is -0.955. The monoisotopic (exact) mass is 555 g/mol. The average molecular weight is 556 g/mol. The minimum atomic E-state index is -3.94. The van der Waals surface area contributed by atoms with Crippen molar-refractivity contribution in [2.24, 2.45) is 0 Å². The molecule has 0 spiro atoms. The molecule has 1 saturated heterocycles. The molecule has 196 valence electrons. The highest BCUT2D eigenvalue weighted by atomic mass is 32.2. The van der Waals surface area contributed by atoms with Crippen LogP contribution in [0.4, 0.5) is 16.4 Å². The van der Waals surface area contributed by atoms with E-state index in [1.807, 2.05) is 0 Å². The zero-order valence-corrected chi connectivity index (χ0v) is 21.7. The number of amides is 3. The lowest BCUT2D eigenvalue weighted by atomic mass is 10.2. The van der Waals surface area contributed by atoms with Crippen LogP contribution in [0.15, 0.2) is 70.7 Å². The van der Waals surface area contributed by atoms with Crippen LogP contribution in [0.3, 0.4) is 0 Å². The van der Waals surface area contributed by atoms with E-state index in [0.717, 1.165) is 4.90 Å². The summed E-state index contributed by atoms with van der Waals surface area (Å²) in [5.41, 5.74) is 0.888. The predicted molar refractivity (Wildman–Crippen MR) is 140 cm³/mol. The van der Waals surface area contributed by atoms with Crippen molar-refractivity contribution >= 4 is 56.6 Å². The van der Waals surface area contributed by atoms with E-state index in [4.69, 9.17) is 9.47 Å². The number of nitrogens with one attached hydrogen (secondary N) is 2. The lowest BCUT2D eigenvalue weighted by Crippen LogP contribution is -2.36. The van der Waals surface area contributed by atoms with Gasteiger partial charge >= 0.3 is 0 Å². The van der Waals surface area contributed by atoms with Crippen LogP contribution >= 0.6 is 11.8 Å². The van der Waals surface area contributed by atoms with Crippen molar-refractivity contribution in [3.05, 3.63) is 71.4 Å². The highest BCUT2D eigenvalue weighted by Gasteiger charge is 2.36. The fourth-order valence-electron chi connectivity index (χ4n) is 3.32. The van der Waals surface area contributed by atoms with E-state index in [2.05, 4.69) is 20.0 Å². The molecule has 4 rings (SSSR count). The van der Waals surface area contributed by atoms with Crippen LogP contribution in [-0.4, -0.2) is 61.1 Å². The molecule has 2 N–H and O–H groups in total. The summed E-state index contributed by atoms with van der Waals surface area (Å²) in [6, 6.07) is 11.9. The maximum atomic E-state index is 12.8. The number of ether oxygens (including phenoxy) is 2. The number of imide groups is 1. The van der Waals surface area contributed by atoms with Crippen LogP contribution in [0.25, 0.3) is 6.08 Å². The van der Waals surface area contributed by atoms with Crippen LogP contribution in [0.5, 0.6) is 11.5 Å². The molecule has 3 amide bonds. The molecule has 0 aliphatic carbocycles. The Bertz CT molecular complexity index is 1510. The van der Waals surface area contributed by atoms with Gasteiger partial charge < -0.3 is 14.8 Å². The van der Waals surface area contributed by atoms with Gasteiger partial charge in [-0.3, -0.25) is 19.3 Å². The molecular weight excluding hydrogens is 534 g/mol. The largest absolute Gasteiger partial charge is 0.493 e. The molecule has 2 heterocycles. The Hall–Kier alpha value is -4.43. The van der Waals surface area contributed by atoms with Gasteiger partial charge in [0, 0.05) is 18.1 Å². The Balaban J connectivity index is 1.39. The van der Waals surface area contributed by atoms with E-state index in [9.17, 15) is 22.8 Å². The summed E-state index contributed by atoms with van der Waals surface area (Å²) < 4.78 is 37.7. The Labute approximate surface area is 222 Å². The molecule has 0 unspecified atom stereocenters. The summed E-state index contributed by atoms with van der Waals surface area (Å²) in [4.78, 5) is 46.3. The lowest BCUT2D eigenvalue weighted by molar-refractivity contribution is -0.127. The number of aromatic nitrogens is 2. The minimum Gasteiger partial charge on any atom is -0.493 e. The average Bonchev–Trinajstić information content (AvgIpc) is 3.16. The zero-order chi connectivity index (χ0) is 27.3. The fraction of sp³-hybridized carbons (Fsp3) is 0.125. The first-order valence-electron chi connectivity index (χ1n) is 10.9. The van der Waals surface area contributed by atoms with Gasteiger partial charge in [0.2, 0.25) is 11.9 Å². The maximum absolute atomic E-state index is 12.8. The van der Waals surface area contributed by atoms with Gasteiger partial charge in [-0.25, -0.2) is 23.1 Å². The number of carbonyl (C=O) groups excluding carboxylic acids is 3. The van der Waals surface area contributed by atoms with Gasteiger partial charge in [0.25, 0.3) is 21.2 Å². The Kier molecular flexibility index (Phi) is 7.93. The molecule has 12 nitrogen and oxygen atoms in total. The highest BCUT2D eigenvalue weighted by Crippen LogP contribution is 2.34. The zero-order valence-electron chi connectivity index (χ0n) is 20.1. The van der Waals surface area contributed by atoms with Gasteiger partial charge in [-0.05, 0) is 65.9 Å². The quantitative estimate of drug-likeness (QED) is 0.376. The number of benzene rings is 2. The van der Waals surface area contributed by atoms with Crippen molar-refractivity contribution in [2.75, 3.05) is 30.8 Å². The number of hydrogen-bond donors (Lipinski definition) is 2.